The van der Waals surface area contributed by atoms with Crippen LogP contribution in [0.1, 0.15) is 12.7 Å². The van der Waals surface area contributed by atoms with Crippen LogP contribution in [0.3, 0.4) is 0 Å². The van der Waals surface area contributed by atoms with E-state index in [1.165, 1.54) is 18.7 Å². The van der Waals surface area contributed by atoms with Crippen LogP contribution in [0.25, 0.3) is 11.6 Å². The van der Waals surface area contributed by atoms with E-state index in [1.807, 2.05) is 0 Å². The van der Waals surface area contributed by atoms with Gasteiger partial charge in [-0.3, -0.25) is 4.79 Å². The fourth-order valence-electron chi connectivity index (χ4n) is 1.14. The zero-order valence-electron chi connectivity index (χ0n) is 9.06. The van der Waals surface area contributed by atoms with Gasteiger partial charge in [-0.25, -0.2) is 0 Å². The Bertz CT molecular complexity index is 580. The smallest absolute Gasteiger partial charge is 0.197 e. The largest absolute Gasteiger partial charge is 0.444 e. The maximum Gasteiger partial charge on any atom is 0.197 e. The number of ketones is 1. The first kappa shape index (κ1) is 11.5. The second-order valence-corrected chi connectivity index (χ2v) is 4.24. The lowest BCUT2D eigenvalue weighted by Crippen LogP contribution is -1.93. The third-order valence-electron chi connectivity index (χ3n) is 1.86. The molecule has 0 atom stereocenters. The molecule has 1 N–H and O–H groups in total. The molecule has 0 saturated carbocycles. The molecule has 2 aromatic heterocycles. The monoisotopic (exact) mass is 247 g/mol. The fraction of sp³-hybridized carbons (Fsp3) is 0.182. The van der Waals surface area contributed by atoms with Crippen molar-refractivity contribution in [2.45, 2.75) is 12.1 Å². The van der Waals surface area contributed by atoms with Crippen LogP contribution in [0.15, 0.2) is 21.7 Å². The average molecular weight is 247 g/mol. The van der Waals surface area contributed by atoms with Gasteiger partial charge in [0.1, 0.15) is 5.78 Å². The van der Waals surface area contributed by atoms with E-state index >= 15 is 0 Å². The Kier molecular flexibility index (Phi) is 3.30. The Morgan fingerprint density at radius 1 is 1.59 bits per heavy atom. The quantitative estimate of drug-likeness (QED) is 0.658. The highest BCUT2D eigenvalue weighted by Gasteiger charge is 2.10. The van der Waals surface area contributed by atoms with Gasteiger partial charge in [0.2, 0.25) is 0 Å². The van der Waals surface area contributed by atoms with Gasteiger partial charge in [0.15, 0.2) is 22.5 Å². The van der Waals surface area contributed by atoms with E-state index in [0.29, 0.717) is 28.3 Å². The van der Waals surface area contributed by atoms with Crippen molar-refractivity contribution in [1.82, 2.24) is 15.2 Å². The minimum absolute atomic E-state index is 0.0839. The van der Waals surface area contributed by atoms with E-state index in [1.54, 1.807) is 12.1 Å². The summed E-state index contributed by atoms with van der Waals surface area (Å²) in [6.45, 7) is 1.52. The molecule has 0 radical (unpaired) electrons. The van der Waals surface area contributed by atoms with E-state index < -0.39 is 0 Å². The highest BCUT2D eigenvalue weighted by molar-refractivity contribution is 7.99. The van der Waals surface area contributed by atoms with E-state index in [0.717, 1.165) is 0 Å². The number of H-pyrrole nitrogens is 1. The second-order valence-electron chi connectivity index (χ2n) is 3.28. The summed E-state index contributed by atoms with van der Waals surface area (Å²) in [6.07, 6.45) is 5.20. The Morgan fingerprint density at radius 3 is 3.06 bits per heavy atom. The van der Waals surface area contributed by atoms with Crippen LogP contribution in [0.2, 0.25) is 0 Å². The van der Waals surface area contributed by atoms with Gasteiger partial charge in [0, 0.05) is 0 Å². The molecule has 5 nitrogen and oxygen atoms in total. The molecular weight excluding hydrogens is 238 g/mol. The highest BCUT2D eigenvalue weighted by Crippen LogP contribution is 2.20. The number of nitrogens with zero attached hydrogens (tertiary/aromatic N) is 2. The summed E-state index contributed by atoms with van der Waals surface area (Å²) in [6, 6.07) is 3.40. The standard InChI is InChI=1S/C11H9N3O2S/c1-3-8-4-5-9(16-8)10-12-11(14-13-10)17-6-7(2)15/h1,4-5H,6H2,2H3,(H,12,13,14). The lowest BCUT2D eigenvalue weighted by molar-refractivity contribution is -0.114. The number of aromatic amines is 1. The summed E-state index contributed by atoms with van der Waals surface area (Å²) >= 11 is 1.30. The van der Waals surface area contributed by atoms with Crippen molar-refractivity contribution in [3.63, 3.8) is 0 Å². The van der Waals surface area contributed by atoms with Gasteiger partial charge in [-0.2, -0.15) is 0 Å². The Hall–Kier alpha value is -2.00. The summed E-state index contributed by atoms with van der Waals surface area (Å²) < 4.78 is 5.31. The molecule has 0 spiro atoms. The zero-order valence-corrected chi connectivity index (χ0v) is 9.87. The van der Waals surface area contributed by atoms with Gasteiger partial charge in [0.05, 0.1) is 5.75 Å². The van der Waals surface area contributed by atoms with Crippen molar-refractivity contribution in [2.24, 2.45) is 0 Å². The van der Waals surface area contributed by atoms with Crippen molar-refractivity contribution < 1.29 is 9.21 Å². The maximum atomic E-state index is 10.8. The average Bonchev–Trinajstić information content (AvgIpc) is 2.94. The fourth-order valence-corrected chi connectivity index (χ4v) is 1.74. The molecule has 86 valence electrons. The van der Waals surface area contributed by atoms with Gasteiger partial charge in [0.25, 0.3) is 0 Å². The second kappa shape index (κ2) is 4.89. The molecule has 2 heterocycles. The molecule has 0 aromatic carbocycles. The van der Waals surface area contributed by atoms with E-state index in [-0.39, 0.29) is 5.78 Å². The number of aromatic nitrogens is 3. The predicted molar refractivity (Wildman–Crippen MR) is 63.4 cm³/mol. The number of hydrogen-bond acceptors (Lipinski definition) is 5. The normalized spacial score (nSPS) is 10.1. The van der Waals surface area contributed by atoms with Crippen LogP contribution >= 0.6 is 11.8 Å². The molecular formula is C11H9N3O2S. The number of terminal acetylenes is 1. The van der Waals surface area contributed by atoms with Gasteiger partial charge in [-0.15, -0.1) is 16.6 Å². The zero-order chi connectivity index (χ0) is 12.3. The van der Waals surface area contributed by atoms with Crippen LogP contribution in [0.4, 0.5) is 0 Å². The van der Waals surface area contributed by atoms with Crippen molar-refractivity contribution in [3.8, 4) is 23.9 Å². The number of hydrogen-bond donors (Lipinski definition) is 1. The number of Topliss-reactive ketones (excluding diaryl/α,β-unsaturated/α-hetero) is 1. The SMILES string of the molecule is C#Cc1ccc(-c2nnc(SCC(C)=O)[nH]2)o1. The first-order chi connectivity index (χ1) is 8.19. The minimum Gasteiger partial charge on any atom is -0.444 e. The van der Waals surface area contributed by atoms with E-state index in [9.17, 15) is 4.79 Å². The lowest BCUT2D eigenvalue weighted by Gasteiger charge is -1.90. The summed E-state index contributed by atoms with van der Waals surface area (Å²) in [7, 11) is 0. The molecule has 2 aromatic rings. The summed E-state index contributed by atoms with van der Waals surface area (Å²) in [4.78, 5) is 13.8. The van der Waals surface area contributed by atoms with Gasteiger partial charge in [-0.05, 0) is 25.0 Å². The van der Waals surface area contributed by atoms with Crippen molar-refractivity contribution in [2.75, 3.05) is 5.75 Å². The molecule has 0 bridgehead atoms. The third-order valence-corrected chi connectivity index (χ3v) is 2.87. The molecule has 0 aliphatic heterocycles. The minimum atomic E-state index is 0.0839. The summed E-state index contributed by atoms with van der Waals surface area (Å²) in [5.74, 6) is 4.30. The molecule has 2 rings (SSSR count). The molecule has 0 unspecified atom stereocenters. The molecule has 0 amide bonds. The summed E-state index contributed by atoms with van der Waals surface area (Å²) in [5, 5.41) is 8.38. The number of carbonyl (C=O) groups excluding carboxylic acids is 1. The molecule has 6 heteroatoms. The molecule has 0 saturated heterocycles. The van der Waals surface area contributed by atoms with Crippen LogP contribution < -0.4 is 0 Å². The van der Waals surface area contributed by atoms with Crippen LogP contribution in [-0.2, 0) is 4.79 Å². The van der Waals surface area contributed by atoms with Crippen LogP contribution in [0, 0.1) is 12.3 Å². The Balaban J connectivity index is 2.12. The summed E-state index contributed by atoms with van der Waals surface area (Å²) in [5.41, 5.74) is 0. The first-order valence-corrected chi connectivity index (χ1v) is 5.79. The van der Waals surface area contributed by atoms with E-state index in [2.05, 4.69) is 21.1 Å². The maximum absolute atomic E-state index is 10.8. The lowest BCUT2D eigenvalue weighted by atomic mass is 10.4. The molecule has 0 aliphatic rings. The Labute approximate surface area is 102 Å². The number of furan rings is 1. The van der Waals surface area contributed by atoms with Crippen molar-refractivity contribution in [3.05, 3.63) is 17.9 Å². The predicted octanol–water partition coefficient (Wildman–Crippen LogP) is 1.73. The van der Waals surface area contributed by atoms with Gasteiger partial charge in [-0.1, -0.05) is 11.8 Å². The van der Waals surface area contributed by atoms with Gasteiger partial charge < -0.3 is 9.40 Å². The first-order valence-electron chi connectivity index (χ1n) is 4.81. The Morgan fingerprint density at radius 2 is 2.41 bits per heavy atom. The van der Waals surface area contributed by atoms with Gasteiger partial charge >= 0.3 is 0 Å². The molecule has 17 heavy (non-hydrogen) atoms. The topological polar surface area (TPSA) is 71.8 Å². The third kappa shape index (κ3) is 2.77. The highest BCUT2D eigenvalue weighted by atomic mass is 32.2. The molecule has 0 aliphatic carbocycles. The number of thioether (sulfide) groups is 1. The molecule has 0 fully saturated rings. The number of rotatable bonds is 4. The van der Waals surface area contributed by atoms with Crippen LogP contribution in [0.5, 0.6) is 0 Å². The number of nitrogens with one attached hydrogen (secondary N) is 1. The van der Waals surface area contributed by atoms with Crippen LogP contribution in [-0.4, -0.2) is 26.7 Å². The van der Waals surface area contributed by atoms with Crippen molar-refractivity contribution >= 4 is 17.5 Å². The number of carbonyl (C=O) groups is 1. The van der Waals surface area contributed by atoms with E-state index in [4.69, 9.17) is 10.8 Å². The van der Waals surface area contributed by atoms with Crippen molar-refractivity contribution in [1.29, 1.82) is 0 Å².